The number of amidine groups is 1. The summed E-state index contributed by atoms with van der Waals surface area (Å²) in [5.74, 6) is 0.379. The van der Waals surface area contributed by atoms with Crippen molar-refractivity contribution in [3.8, 4) is 0 Å². The highest BCUT2D eigenvalue weighted by atomic mass is 16.6. The third kappa shape index (κ3) is 2.72. The van der Waals surface area contributed by atoms with Crippen molar-refractivity contribution >= 4 is 17.3 Å². The second-order valence-corrected chi connectivity index (χ2v) is 5.02. The van der Waals surface area contributed by atoms with Gasteiger partial charge in [0.15, 0.2) is 5.84 Å². The molecule has 9 heteroatoms. The van der Waals surface area contributed by atoms with E-state index in [0.717, 1.165) is 12.6 Å². The predicted molar refractivity (Wildman–Crippen MR) is 75.4 cm³/mol. The van der Waals surface area contributed by atoms with Crippen molar-refractivity contribution in [2.24, 2.45) is 16.8 Å². The summed E-state index contributed by atoms with van der Waals surface area (Å²) >= 11 is 0. The highest BCUT2D eigenvalue weighted by molar-refractivity contribution is 6.02. The molecule has 2 heterocycles. The van der Waals surface area contributed by atoms with E-state index in [1.54, 1.807) is 0 Å². The van der Waals surface area contributed by atoms with E-state index >= 15 is 0 Å². The quantitative estimate of drug-likeness (QED) is 0.238. The number of hydrogen-bond donors (Lipinski definition) is 3. The van der Waals surface area contributed by atoms with E-state index in [0.29, 0.717) is 12.4 Å². The van der Waals surface area contributed by atoms with Crippen molar-refractivity contribution in [1.29, 1.82) is 0 Å². The summed E-state index contributed by atoms with van der Waals surface area (Å²) in [6, 6.07) is 1.07. The van der Waals surface area contributed by atoms with E-state index in [9.17, 15) is 15.2 Å². The maximum Gasteiger partial charge on any atom is 0.288 e. The Kier molecular flexibility index (Phi) is 4.22. The van der Waals surface area contributed by atoms with E-state index < -0.39 is 4.92 Å². The molecule has 21 heavy (non-hydrogen) atoms. The molecule has 114 valence electrons. The van der Waals surface area contributed by atoms with Crippen molar-refractivity contribution in [3.05, 3.63) is 27.9 Å². The van der Waals surface area contributed by atoms with Crippen LogP contribution in [0, 0.1) is 16.0 Å². The molecule has 1 aromatic rings. The molecule has 0 radical (unpaired) electrons. The Balaban J connectivity index is 2.50. The van der Waals surface area contributed by atoms with Crippen LogP contribution in [0.1, 0.15) is 18.9 Å². The number of aromatic nitrogens is 1. The van der Waals surface area contributed by atoms with Gasteiger partial charge in [0, 0.05) is 12.6 Å². The fourth-order valence-electron chi connectivity index (χ4n) is 2.57. The first kappa shape index (κ1) is 15.0. The van der Waals surface area contributed by atoms with Crippen LogP contribution in [-0.2, 0) is 0 Å². The standard InChI is InChI=1S/C12H17N5O4/c1-7-2-3-16(10(7)6-18)12-9(11(13)15-19)4-8(5-14-12)17(20)21/h4-5,7,10,18-19H,2-3,6H2,1H3,(H2,13,15). The van der Waals surface area contributed by atoms with Crippen LogP contribution in [0.5, 0.6) is 0 Å². The number of anilines is 1. The molecule has 4 N–H and O–H groups in total. The minimum Gasteiger partial charge on any atom is -0.409 e. The normalized spacial score (nSPS) is 22.6. The highest BCUT2D eigenvalue weighted by Gasteiger charge is 2.33. The zero-order valence-electron chi connectivity index (χ0n) is 11.5. The third-order valence-corrected chi connectivity index (χ3v) is 3.79. The fourth-order valence-corrected chi connectivity index (χ4v) is 2.57. The lowest BCUT2D eigenvalue weighted by atomic mass is 10.0. The maximum atomic E-state index is 10.8. The number of hydrogen-bond acceptors (Lipinski definition) is 7. The van der Waals surface area contributed by atoms with Gasteiger partial charge in [-0.1, -0.05) is 12.1 Å². The van der Waals surface area contributed by atoms with Crippen LogP contribution in [0.15, 0.2) is 17.4 Å². The van der Waals surface area contributed by atoms with Crippen molar-refractivity contribution < 1.29 is 15.2 Å². The van der Waals surface area contributed by atoms with Crippen molar-refractivity contribution in [2.75, 3.05) is 18.1 Å². The zero-order chi connectivity index (χ0) is 15.6. The number of oxime groups is 1. The lowest BCUT2D eigenvalue weighted by Gasteiger charge is -2.27. The minimum absolute atomic E-state index is 0.0601. The van der Waals surface area contributed by atoms with Gasteiger partial charge < -0.3 is 20.9 Å². The first-order valence-corrected chi connectivity index (χ1v) is 6.49. The molecule has 2 rings (SSSR count). The number of nitrogens with zero attached hydrogens (tertiary/aromatic N) is 4. The van der Waals surface area contributed by atoms with Gasteiger partial charge in [-0.05, 0) is 12.3 Å². The molecule has 0 aliphatic carbocycles. The van der Waals surface area contributed by atoms with E-state index in [1.165, 1.54) is 6.07 Å². The second-order valence-electron chi connectivity index (χ2n) is 5.02. The number of aliphatic hydroxyl groups is 1. The first-order chi connectivity index (χ1) is 9.99. The summed E-state index contributed by atoms with van der Waals surface area (Å²) in [5.41, 5.74) is 5.54. The largest absolute Gasteiger partial charge is 0.409 e. The third-order valence-electron chi connectivity index (χ3n) is 3.79. The average molecular weight is 295 g/mol. The molecule has 0 saturated carbocycles. The maximum absolute atomic E-state index is 10.8. The van der Waals surface area contributed by atoms with E-state index in [4.69, 9.17) is 10.9 Å². The summed E-state index contributed by atoms with van der Waals surface area (Å²) in [7, 11) is 0. The van der Waals surface area contributed by atoms with Gasteiger partial charge in [0.05, 0.1) is 23.1 Å². The van der Waals surface area contributed by atoms with Gasteiger partial charge in [0.2, 0.25) is 0 Å². The molecule has 2 atom stereocenters. The summed E-state index contributed by atoms with van der Waals surface area (Å²) in [6.07, 6.45) is 1.99. The number of nitrogens with two attached hydrogens (primary N) is 1. The Morgan fingerprint density at radius 3 is 3.00 bits per heavy atom. The Morgan fingerprint density at radius 2 is 2.43 bits per heavy atom. The summed E-state index contributed by atoms with van der Waals surface area (Å²) in [5, 5.41) is 32.1. The van der Waals surface area contributed by atoms with Crippen LogP contribution in [0.25, 0.3) is 0 Å². The molecule has 1 aliphatic heterocycles. The molecule has 1 fully saturated rings. The molecule has 9 nitrogen and oxygen atoms in total. The fraction of sp³-hybridized carbons (Fsp3) is 0.500. The first-order valence-electron chi connectivity index (χ1n) is 6.49. The van der Waals surface area contributed by atoms with Crippen molar-refractivity contribution in [3.63, 3.8) is 0 Å². The summed E-state index contributed by atoms with van der Waals surface area (Å²) in [6.45, 7) is 2.59. The van der Waals surface area contributed by atoms with Crippen LogP contribution < -0.4 is 10.6 Å². The predicted octanol–water partition coefficient (Wildman–Crippen LogP) is 0.291. The van der Waals surface area contributed by atoms with Gasteiger partial charge in [-0.2, -0.15) is 0 Å². The van der Waals surface area contributed by atoms with Crippen LogP contribution in [0.3, 0.4) is 0 Å². The molecular weight excluding hydrogens is 278 g/mol. The summed E-state index contributed by atoms with van der Waals surface area (Å²) in [4.78, 5) is 16.2. The monoisotopic (exact) mass is 295 g/mol. The van der Waals surface area contributed by atoms with Gasteiger partial charge in [-0.3, -0.25) is 10.1 Å². The molecular formula is C12H17N5O4. The molecule has 0 spiro atoms. The van der Waals surface area contributed by atoms with Gasteiger partial charge in [-0.25, -0.2) is 4.98 Å². The van der Waals surface area contributed by atoms with Crippen molar-refractivity contribution in [1.82, 2.24) is 4.98 Å². The topological polar surface area (TPSA) is 138 Å². The highest BCUT2D eigenvalue weighted by Crippen LogP contribution is 2.31. The molecule has 0 bridgehead atoms. The van der Waals surface area contributed by atoms with E-state index in [-0.39, 0.29) is 35.7 Å². The number of aliphatic hydroxyl groups excluding tert-OH is 1. The van der Waals surface area contributed by atoms with Gasteiger partial charge in [0.25, 0.3) is 5.69 Å². The van der Waals surface area contributed by atoms with Crippen molar-refractivity contribution in [2.45, 2.75) is 19.4 Å². The minimum atomic E-state index is -0.596. The Hall–Kier alpha value is -2.42. The molecule has 0 amide bonds. The van der Waals surface area contributed by atoms with Crippen LogP contribution in [0.4, 0.5) is 11.5 Å². The molecule has 1 aromatic heterocycles. The van der Waals surface area contributed by atoms with Gasteiger partial charge in [-0.15, -0.1) is 0 Å². The number of pyridine rings is 1. The summed E-state index contributed by atoms with van der Waals surface area (Å²) < 4.78 is 0. The zero-order valence-corrected chi connectivity index (χ0v) is 11.5. The van der Waals surface area contributed by atoms with Crippen LogP contribution >= 0.6 is 0 Å². The SMILES string of the molecule is CC1CCN(c2ncc([N+](=O)[O-])cc2C(N)=NO)C1CO. The van der Waals surface area contributed by atoms with E-state index in [2.05, 4.69) is 10.1 Å². The Labute approximate surface area is 120 Å². The molecule has 1 saturated heterocycles. The Morgan fingerprint density at radius 1 is 1.71 bits per heavy atom. The van der Waals surface area contributed by atoms with Crippen LogP contribution in [0.2, 0.25) is 0 Å². The number of rotatable bonds is 4. The Bertz CT molecular complexity index is 577. The van der Waals surface area contributed by atoms with Gasteiger partial charge >= 0.3 is 0 Å². The van der Waals surface area contributed by atoms with Gasteiger partial charge in [0.1, 0.15) is 12.0 Å². The average Bonchev–Trinajstić information content (AvgIpc) is 2.86. The smallest absolute Gasteiger partial charge is 0.288 e. The molecule has 0 aromatic carbocycles. The van der Waals surface area contributed by atoms with Crippen LogP contribution in [-0.4, -0.2) is 45.3 Å². The number of nitro groups is 1. The molecule has 1 aliphatic rings. The lowest BCUT2D eigenvalue weighted by Crippen LogP contribution is -2.37. The van der Waals surface area contributed by atoms with E-state index in [1.807, 2.05) is 11.8 Å². The second kappa shape index (κ2) is 5.92. The lowest BCUT2D eigenvalue weighted by molar-refractivity contribution is -0.385. The molecule has 2 unspecified atom stereocenters.